The SMILES string of the molecule is COc1cc(-c2ccccc2F)cc2c(NC3CCCCC3)nc(-c3cccnc3)nc12. The average Bonchev–Trinajstić information content (AvgIpc) is 2.85. The fraction of sp³-hybridized carbons (Fsp3) is 0.269. The Hall–Kier alpha value is -3.54. The molecule has 0 aliphatic heterocycles. The van der Waals surface area contributed by atoms with Gasteiger partial charge in [-0.15, -0.1) is 0 Å². The van der Waals surface area contributed by atoms with E-state index in [2.05, 4.69) is 10.3 Å². The summed E-state index contributed by atoms with van der Waals surface area (Å²) >= 11 is 0. The van der Waals surface area contributed by atoms with Gasteiger partial charge in [0.15, 0.2) is 5.82 Å². The molecule has 5 rings (SSSR count). The van der Waals surface area contributed by atoms with Crippen molar-refractivity contribution in [3.8, 4) is 28.3 Å². The Bertz CT molecular complexity index is 1240. The first-order valence-corrected chi connectivity index (χ1v) is 11.0. The van der Waals surface area contributed by atoms with Crippen LogP contribution in [0, 0.1) is 5.82 Å². The first-order valence-electron chi connectivity index (χ1n) is 11.0. The summed E-state index contributed by atoms with van der Waals surface area (Å²) in [7, 11) is 1.61. The highest BCUT2D eigenvalue weighted by Gasteiger charge is 2.20. The number of benzene rings is 2. The van der Waals surface area contributed by atoms with Gasteiger partial charge in [0.1, 0.15) is 22.9 Å². The van der Waals surface area contributed by atoms with Crippen molar-refractivity contribution in [2.75, 3.05) is 12.4 Å². The van der Waals surface area contributed by atoms with E-state index in [9.17, 15) is 4.39 Å². The molecule has 2 aromatic heterocycles. The Labute approximate surface area is 186 Å². The Kier molecular flexibility index (Phi) is 5.67. The van der Waals surface area contributed by atoms with Crippen molar-refractivity contribution >= 4 is 16.7 Å². The van der Waals surface area contributed by atoms with Crippen molar-refractivity contribution in [1.29, 1.82) is 0 Å². The molecule has 32 heavy (non-hydrogen) atoms. The molecule has 0 amide bonds. The van der Waals surface area contributed by atoms with Gasteiger partial charge in [0.2, 0.25) is 0 Å². The minimum absolute atomic E-state index is 0.274. The van der Waals surface area contributed by atoms with Crippen molar-refractivity contribution in [2.24, 2.45) is 0 Å². The summed E-state index contributed by atoms with van der Waals surface area (Å²) in [5, 5.41) is 4.48. The lowest BCUT2D eigenvalue weighted by molar-refractivity contribution is 0.419. The summed E-state index contributed by atoms with van der Waals surface area (Å²) in [6.45, 7) is 0. The van der Waals surface area contributed by atoms with Crippen LogP contribution in [0.1, 0.15) is 32.1 Å². The predicted octanol–water partition coefficient (Wildman–Crippen LogP) is 6.25. The molecule has 1 saturated carbocycles. The zero-order valence-electron chi connectivity index (χ0n) is 18.0. The molecule has 0 spiro atoms. The first kappa shape index (κ1) is 20.4. The van der Waals surface area contributed by atoms with Gasteiger partial charge in [-0.25, -0.2) is 14.4 Å². The van der Waals surface area contributed by atoms with Gasteiger partial charge in [-0.05, 0) is 48.7 Å². The van der Waals surface area contributed by atoms with Gasteiger partial charge in [0.05, 0.1) is 7.11 Å². The van der Waals surface area contributed by atoms with Crippen LogP contribution < -0.4 is 10.1 Å². The summed E-state index contributed by atoms with van der Waals surface area (Å²) in [6, 6.07) is 14.7. The minimum atomic E-state index is -0.274. The second kappa shape index (κ2) is 8.91. The molecule has 162 valence electrons. The van der Waals surface area contributed by atoms with Crippen LogP contribution in [-0.2, 0) is 0 Å². The summed E-state index contributed by atoms with van der Waals surface area (Å²) in [5.41, 5.74) is 2.78. The summed E-state index contributed by atoms with van der Waals surface area (Å²) in [5.74, 6) is 1.64. The Morgan fingerprint density at radius 3 is 2.56 bits per heavy atom. The van der Waals surface area contributed by atoms with Crippen LogP contribution in [0.4, 0.5) is 10.2 Å². The molecule has 5 nitrogen and oxygen atoms in total. The molecule has 0 bridgehead atoms. The predicted molar refractivity (Wildman–Crippen MR) is 125 cm³/mol. The van der Waals surface area contributed by atoms with Crippen LogP contribution in [0.25, 0.3) is 33.4 Å². The second-order valence-electron chi connectivity index (χ2n) is 8.17. The monoisotopic (exact) mass is 428 g/mol. The van der Waals surface area contributed by atoms with Crippen LogP contribution in [-0.4, -0.2) is 28.1 Å². The fourth-order valence-electron chi connectivity index (χ4n) is 4.38. The first-order chi connectivity index (χ1) is 15.7. The number of methoxy groups -OCH3 is 1. The normalized spacial score (nSPS) is 14.4. The van der Waals surface area contributed by atoms with Gasteiger partial charge in [0, 0.05) is 34.9 Å². The van der Waals surface area contributed by atoms with Crippen molar-refractivity contribution in [2.45, 2.75) is 38.1 Å². The highest BCUT2D eigenvalue weighted by Crippen LogP contribution is 2.37. The summed E-state index contributed by atoms with van der Waals surface area (Å²) < 4.78 is 20.3. The highest BCUT2D eigenvalue weighted by atomic mass is 19.1. The van der Waals surface area contributed by atoms with Gasteiger partial charge in [0.25, 0.3) is 0 Å². The lowest BCUT2D eigenvalue weighted by atomic mass is 9.95. The Balaban J connectivity index is 1.72. The maximum atomic E-state index is 14.6. The Morgan fingerprint density at radius 2 is 1.81 bits per heavy atom. The van der Waals surface area contributed by atoms with Crippen molar-refractivity contribution in [3.05, 3.63) is 66.7 Å². The number of halogens is 1. The van der Waals surface area contributed by atoms with Crippen LogP contribution >= 0.6 is 0 Å². The van der Waals surface area contributed by atoms with E-state index in [1.54, 1.807) is 31.6 Å². The van der Waals surface area contributed by atoms with Crippen molar-refractivity contribution in [3.63, 3.8) is 0 Å². The van der Waals surface area contributed by atoms with E-state index in [4.69, 9.17) is 14.7 Å². The summed E-state index contributed by atoms with van der Waals surface area (Å²) in [6.07, 6.45) is 9.39. The lowest BCUT2D eigenvalue weighted by Crippen LogP contribution is -2.23. The Morgan fingerprint density at radius 1 is 0.969 bits per heavy atom. The van der Waals surface area contributed by atoms with Crippen LogP contribution in [0.15, 0.2) is 60.9 Å². The number of nitrogens with one attached hydrogen (secondary N) is 1. The van der Waals surface area contributed by atoms with Gasteiger partial charge in [-0.3, -0.25) is 4.98 Å². The van der Waals surface area contributed by atoms with Crippen LogP contribution in [0.2, 0.25) is 0 Å². The van der Waals surface area contributed by atoms with E-state index in [1.165, 1.54) is 25.3 Å². The average molecular weight is 429 g/mol. The van der Waals surface area contributed by atoms with E-state index >= 15 is 0 Å². The standard InChI is InChI=1S/C26H25FN4O/c1-32-23-15-18(20-11-5-6-12-22(20)27)14-21-24(23)30-25(17-8-7-13-28-16-17)31-26(21)29-19-9-3-2-4-10-19/h5-8,11-16,19H,2-4,9-10H2,1H3,(H,29,30,31). The van der Waals surface area contributed by atoms with E-state index in [-0.39, 0.29) is 5.82 Å². The maximum Gasteiger partial charge on any atom is 0.163 e. The molecular weight excluding hydrogens is 403 g/mol. The molecule has 1 aliphatic carbocycles. The van der Waals surface area contributed by atoms with Gasteiger partial charge < -0.3 is 10.1 Å². The third kappa shape index (κ3) is 4.00. The molecular formula is C26H25FN4O. The molecule has 4 aromatic rings. The second-order valence-corrected chi connectivity index (χ2v) is 8.17. The topological polar surface area (TPSA) is 59.9 Å². The zero-order valence-corrected chi connectivity index (χ0v) is 18.0. The highest BCUT2D eigenvalue weighted by molar-refractivity contribution is 5.98. The molecule has 1 aliphatic rings. The van der Waals surface area contributed by atoms with E-state index < -0.39 is 0 Å². The fourth-order valence-corrected chi connectivity index (χ4v) is 4.38. The van der Waals surface area contributed by atoms with E-state index in [0.717, 1.165) is 35.2 Å². The van der Waals surface area contributed by atoms with Crippen LogP contribution in [0.3, 0.4) is 0 Å². The van der Waals surface area contributed by atoms with Gasteiger partial charge in [-0.2, -0.15) is 0 Å². The number of pyridine rings is 1. The number of ether oxygens (including phenoxy) is 1. The van der Waals surface area contributed by atoms with E-state index in [0.29, 0.717) is 28.7 Å². The van der Waals surface area contributed by atoms with Gasteiger partial charge >= 0.3 is 0 Å². The maximum absolute atomic E-state index is 14.6. The van der Waals surface area contributed by atoms with Gasteiger partial charge in [-0.1, -0.05) is 37.5 Å². The number of fused-ring (bicyclic) bond motifs is 1. The third-order valence-electron chi connectivity index (χ3n) is 6.04. The number of anilines is 1. The molecule has 6 heteroatoms. The number of aromatic nitrogens is 3. The lowest BCUT2D eigenvalue weighted by Gasteiger charge is -2.24. The van der Waals surface area contributed by atoms with E-state index in [1.807, 2.05) is 30.3 Å². The van der Waals surface area contributed by atoms with Crippen LogP contribution in [0.5, 0.6) is 5.75 Å². The quantitative estimate of drug-likeness (QED) is 0.407. The van der Waals surface area contributed by atoms with Crippen molar-refractivity contribution in [1.82, 2.24) is 15.0 Å². The number of rotatable bonds is 5. The smallest absolute Gasteiger partial charge is 0.163 e. The molecule has 0 atom stereocenters. The molecule has 0 radical (unpaired) electrons. The number of nitrogens with zero attached hydrogens (tertiary/aromatic N) is 3. The molecule has 2 heterocycles. The third-order valence-corrected chi connectivity index (χ3v) is 6.04. The molecule has 1 N–H and O–H groups in total. The van der Waals surface area contributed by atoms with Crippen molar-refractivity contribution < 1.29 is 9.13 Å². The largest absolute Gasteiger partial charge is 0.494 e. The summed E-state index contributed by atoms with van der Waals surface area (Å²) in [4.78, 5) is 13.9. The number of hydrogen-bond acceptors (Lipinski definition) is 5. The molecule has 1 fully saturated rings. The molecule has 2 aromatic carbocycles. The minimum Gasteiger partial charge on any atom is -0.494 e. The number of hydrogen-bond donors (Lipinski definition) is 1. The molecule has 0 unspecified atom stereocenters. The molecule has 0 saturated heterocycles. The zero-order chi connectivity index (χ0) is 21.9.